The van der Waals surface area contributed by atoms with Crippen molar-refractivity contribution in [3.05, 3.63) is 35.7 Å². The van der Waals surface area contributed by atoms with Gasteiger partial charge < -0.3 is 10.0 Å². The van der Waals surface area contributed by atoms with E-state index in [1.54, 1.807) is 23.5 Å². The summed E-state index contributed by atoms with van der Waals surface area (Å²) in [5.41, 5.74) is 1.04. The number of nitrogens with zero attached hydrogens (tertiary/aromatic N) is 1. The molecule has 0 saturated carbocycles. The van der Waals surface area contributed by atoms with Crippen molar-refractivity contribution in [2.24, 2.45) is 0 Å². The van der Waals surface area contributed by atoms with Crippen LogP contribution in [-0.2, 0) is 0 Å². The van der Waals surface area contributed by atoms with Gasteiger partial charge in [0.1, 0.15) is 0 Å². The number of aromatic nitrogens is 1. The number of pyridine rings is 1. The van der Waals surface area contributed by atoms with Gasteiger partial charge in [-0.3, -0.25) is 4.98 Å². The summed E-state index contributed by atoms with van der Waals surface area (Å²) >= 11 is 1.57. The number of thiophene rings is 1. The minimum Gasteiger partial charge on any atom is -0.422 e. The number of hydrogen-bond acceptors (Lipinski definition) is 4. The highest BCUT2D eigenvalue weighted by molar-refractivity contribution is 7.13. The first-order chi connectivity index (χ1) is 6.77. The molecule has 0 aliphatic heterocycles. The standard InChI is InChI=1S/C9H8BNO2S/c12-10(13)9-5-1-3-7(11-9)8-4-2-6-14-8/h1-6,12-13H. The summed E-state index contributed by atoms with van der Waals surface area (Å²) in [6.45, 7) is 0. The molecule has 2 aromatic rings. The molecule has 0 unspecified atom stereocenters. The lowest BCUT2D eigenvalue weighted by molar-refractivity contribution is 0.424. The predicted molar refractivity (Wildman–Crippen MR) is 57.4 cm³/mol. The second kappa shape index (κ2) is 3.92. The summed E-state index contributed by atoms with van der Waals surface area (Å²) in [6, 6.07) is 9.07. The van der Waals surface area contributed by atoms with Crippen molar-refractivity contribution in [3.63, 3.8) is 0 Å². The molecular formula is C9H8BNO2S. The largest absolute Gasteiger partial charge is 0.508 e. The maximum absolute atomic E-state index is 8.94. The summed E-state index contributed by atoms with van der Waals surface area (Å²) in [6.07, 6.45) is 0. The van der Waals surface area contributed by atoms with Gasteiger partial charge in [0.25, 0.3) is 0 Å². The Balaban J connectivity index is 2.41. The van der Waals surface area contributed by atoms with Crippen molar-refractivity contribution in [2.45, 2.75) is 0 Å². The van der Waals surface area contributed by atoms with E-state index in [4.69, 9.17) is 10.0 Å². The lowest BCUT2D eigenvalue weighted by Gasteiger charge is -2.00. The highest BCUT2D eigenvalue weighted by Crippen LogP contribution is 2.21. The molecule has 0 aliphatic rings. The normalized spacial score (nSPS) is 10.1. The number of hydrogen-bond donors (Lipinski definition) is 2. The molecule has 3 nitrogen and oxygen atoms in total. The Morgan fingerprint density at radius 3 is 2.64 bits per heavy atom. The van der Waals surface area contributed by atoms with Gasteiger partial charge in [-0.15, -0.1) is 11.3 Å². The third kappa shape index (κ3) is 1.84. The van der Waals surface area contributed by atoms with Gasteiger partial charge in [0.2, 0.25) is 0 Å². The van der Waals surface area contributed by atoms with E-state index in [0.717, 1.165) is 10.6 Å². The summed E-state index contributed by atoms with van der Waals surface area (Å²) in [7, 11) is -1.50. The molecule has 0 atom stereocenters. The van der Waals surface area contributed by atoms with Crippen LogP contribution in [0, 0.1) is 0 Å². The molecule has 0 fully saturated rings. The topological polar surface area (TPSA) is 53.4 Å². The molecule has 0 radical (unpaired) electrons. The lowest BCUT2D eigenvalue weighted by atomic mass is 9.85. The quantitative estimate of drug-likeness (QED) is 0.701. The van der Waals surface area contributed by atoms with Crippen LogP contribution in [0.2, 0.25) is 0 Å². The maximum atomic E-state index is 8.94. The van der Waals surface area contributed by atoms with Crippen LogP contribution in [0.5, 0.6) is 0 Å². The molecule has 2 rings (SSSR count). The summed E-state index contributed by atoms with van der Waals surface area (Å²) in [5.74, 6) is 0. The van der Waals surface area contributed by atoms with Gasteiger partial charge in [-0.25, -0.2) is 0 Å². The molecule has 0 amide bonds. The zero-order valence-electron chi connectivity index (χ0n) is 7.29. The third-order valence-corrected chi connectivity index (χ3v) is 2.70. The van der Waals surface area contributed by atoms with E-state index < -0.39 is 7.12 Å². The molecule has 0 aromatic carbocycles. The minimum absolute atomic E-state index is 0.274. The molecule has 2 N–H and O–H groups in total. The predicted octanol–water partition coefficient (Wildman–Crippen LogP) is 0.490. The first kappa shape index (κ1) is 9.39. The first-order valence-corrected chi connectivity index (χ1v) is 5.02. The second-order valence-corrected chi connectivity index (χ2v) is 3.75. The molecule has 70 valence electrons. The van der Waals surface area contributed by atoms with Gasteiger partial charge in [0, 0.05) is 0 Å². The van der Waals surface area contributed by atoms with Gasteiger partial charge in [-0.05, 0) is 23.6 Å². The molecule has 2 aromatic heterocycles. The molecule has 0 aliphatic carbocycles. The summed E-state index contributed by atoms with van der Waals surface area (Å²) in [5, 5.41) is 19.8. The Morgan fingerprint density at radius 2 is 2.00 bits per heavy atom. The van der Waals surface area contributed by atoms with E-state index in [1.807, 2.05) is 23.6 Å². The highest BCUT2D eigenvalue weighted by Gasteiger charge is 2.13. The van der Waals surface area contributed by atoms with Crippen molar-refractivity contribution in [1.29, 1.82) is 0 Å². The Kier molecular flexibility index (Phi) is 2.63. The van der Waals surface area contributed by atoms with Gasteiger partial charge in [-0.2, -0.15) is 0 Å². The van der Waals surface area contributed by atoms with E-state index in [9.17, 15) is 0 Å². The van der Waals surface area contributed by atoms with Crippen molar-refractivity contribution < 1.29 is 10.0 Å². The van der Waals surface area contributed by atoms with Crippen molar-refractivity contribution >= 4 is 24.0 Å². The Hall–Kier alpha value is -1.17. The van der Waals surface area contributed by atoms with Crippen LogP contribution in [0.15, 0.2) is 35.7 Å². The highest BCUT2D eigenvalue weighted by atomic mass is 32.1. The molecule has 0 saturated heterocycles. The van der Waals surface area contributed by atoms with Crippen LogP contribution in [0.4, 0.5) is 0 Å². The van der Waals surface area contributed by atoms with Crippen LogP contribution in [-0.4, -0.2) is 22.2 Å². The van der Waals surface area contributed by atoms with E-state index in [-0.39, 0.29) is 5.59 Å². The van der Waals surface area contributed by atoms with Gasteiger partial charge >= 0.3 is 7.12 Å². The Bertz CT molecular complexity index is 417. The minimum atomic E-state index is -1.50. The van der Waals surface area contributed by atoms with E-state index in [2.05, 4.69) is 4.98 Å². The van der Waals surface area contributed by atoms with Crippen molar-refractivity contribution in [3.8, 4) is 10.6 Å². The second-order valence-electron chi connectivity index (χ2n) is 2.80. The molecule has 0 spiro atoms. The SMILES string of the molecule is OB(O)c1cccc(-c2cccs2)n1. The van der Waals surface area contributed by atoms with Crippen LogP contribution in [0.25, 0.3) is 10.6 Å². The van der Waals surface area contributed by atoms with Crippen molar-refractivity contribution in [2.75, 3.05) is 0 Å². The van der Waals surface area contributed by atoms with Gasteiger partial charge in [0.05, 0.1) is 16.2 Å². The van der Waals surface area contributed by atoms with E-state index >= 15 is 0 Å². The Labute approximate surface area is 85.8 Å². The van der Waals surface area contributed by atoms with Crippen molar-refractivity contribution in [1.82, 2.24) is 4.98 Å². The van der Waals surface area contributed by atoms with Crippen LogP contribution in [0.3, 0.4) is 0 Å². The van der Waals surface area contributed by atoms with E-state index in [1.165, 1.54) is 0 Å². The lowest BCUT2D eigenvalue weighted by Crippen LogP contribution is -2.32. The molecule has 2 heterocycles. The van der Waals surface area contributed by atoms with Crippen LogP contribution in [0.1, 0.15) is 0 Å². The first-order valence-electron chi connectivity index (χ1n) is 4.14. The average Bonchev–Trinajstić information content (AvgIpc) is 2.71. The fourth-order valence-corrected chi connectivity index (χ4v) is 1.85. The zero-order chi connectivity index (χ0) is 9.97. The third-order valence-electron chi connectivity index (χ3n) is 1.81. The van der Waals surface area contributed by atoms with Gasteiger partial charge in [-0.1, -0.05) is 12.1 Å². The van der Waals surface area contributed by atoms with Crippen LogP contribution >= 0.6 is 11.3 Å². The van der Waals surface area contributed by atoms with Crippen LogP contribution < -0.4 is 5.59 Å². The smallest absolute Gasteiger partial charge is 0.422 e. The molecule has 0 bridgehead atoms. The van der Waals surface area contributed by atoms with Gasteiger partial charge in [0.15, 0.2) is 0 Å². The molecular weight excluding hydrogens is 197 g/mol. The molecule has 5 heteroatoms. The summed E-state index contributed by atoms with van der Waals surface area (Å²) in [4.78, 5) is 5.15. The monoisotopic (exact) mass is 205 g/mol. The number of rotatable bonds is 2. The fraction of sp³-hybridized carbons (Fsp3) is 0. The van der Waals surface area contributed by atoms with E-state index in [0.29, 0.717) is 0 Å². The maximum Gasteiger partial charge on any atom is 0.508 e. The Morgan fingerprint density at radius 1 is 1.14 bits per heavy atom. The fourth-order valence-electron chi connectivity index (χ4n) is 1.16. The zero-order valence-corrected chi connectivity index (χ0v) is 8.11. The summed E-state index contributed by atoms with van der Waals surface area (Å²) < 4.78 is 0. The average molecular weight is 205 g/mol. The molecule has 14 heavy (non-hydrogen) atoms.